The molecule has 0 N–H and O–H groups in total. The topological polar surface area (TPSA) is 56.8 Å². The molecule has 0 atom stereocenters. The summed E-state index contributed by atoms with van der Waals surface area (Å²) in [6.07, 6.45) is 1.93. The van der Waals surface area contributed by atoms with Gasteiger partial charge in [0.15, 0.2) is 0 Å². The Morgan fingerprint density at radius 3 is 2.17 bits per heavy atom. The average Bonchev–Trinajstić information content (AvgIpc) is 2.47. The molecule has 0 aliphatic carbocycles. The highest BCUT2D eigenvalue weighted by molar-refractivity contribution is 7.86. The molecule has 0 bridgehead atoms. The molecule has 0 spiro atoms. The normalized spacial score (nSPS) is 18.5. The van der Waals surface area contributed by atoms with Crippen LogP contribution in [0.4, 0.5) is 0 Å². The third-order valence-electron chi connectivity index (χ3n) is 4.12. The van der Waals surface area contributed by atoms with Gasteiger partial charge in [0.1, 0.15) is 0 Å². The molecule has 6 nitrogen and oxygen atoms in total. The summed E-state index contributed by atoms with van der Waals surface area (Å²) in [4.78, 5) is 6.83. The Balaban J connectivity index is 1.92. The standard InChI is InChI=1S/C16H28N4O2S/c1-16(2,3)15-7-6-14(12-17-15)13-19-8-10-20(11-9-19)23(21,22)18(4)5/h6-7,12H,8-11,13H2,1-5H3. The molecule has 2 heterocycles. The van der Waals surface area contributed by atoms with E-state index in [1.165, 1.54) is 9.87 Å². The lowest BCUT2D eigenvalue weighted by molar-refractivity contribution is 0.177. The van der Waals surface area contributed by atoms with E-state index in [0.717, 1.165) is 25.3 Å². The van der Waals surface area contributed by atoms with Gasteiger partial charge in [-0.05, 0) is 11.6 Å². The van der Waals surface area contributed by atoms with E-state index in [-0.39, 0.29) is 5.41 Å². The summed E-state index contributed by atoms with van der Waals surface area (Å²) in [6, 6.07) is 4.21. The van der Waals surface area contributed by atoms with Crippen molar-refractivity contribution in [2.75, 3.05) is 40.3 Å². The van der Waals surface area contributed by atoms with E-state index in [9.17, 15) is 8.42 Å². The smallest absolute Gasteiger partial charge is 0.281 e. The summed E-state index contributed by atoms with van der Waals surface area (Å²) in [6.45, 7) is 9.83. The molecule has 1 fully saturated rings. The van der Waals surface area contributed by atoms with E-state index in [4.69, 9.17) is 0 Å². The first-order valence-corrected chi connectivity index (χ1v) is 9.36. The van der Waals surface area contributed by atoms with Crippen molar-refractivity contribution in [2.45, 2.75) is 32.7 Å². The Morgan fingerprint density at radius 1 is 1.13 bits per heavy atom. The van der Waals surface area contributed by atoms with Gasteiger partial charge in [0.2, 0.25) is 0 Å². The summed E-state index contributed by atoms with van der Waals surface area (Å²) in [5.41, 5.74) is 2.31. The second kappa shape index (κ2) is 6.84. The van der Waals surface area contributed by atoms with E-state index in [1.54, 1.807) is 18.4 Å². The van der Waals surface area contributed by atoms with E-state index in [2.05, 4.69) is 42.8 Å². The van der Waals surface area contributed by atoms with Gasteiger partial charge in [-0.3, -0.25) is 9.88 Å². The monoisotopic (exact) mass is 340 g/mol. The molecule has 0 aromatic carbocycles. The van der Waals surface area contributed by atoms with Gasteiger partial charge in [-0.25, -0.2) is 0 Å². The van der Waals surface area contributed by atoms with Crippen LogP contribution in [-0.2, 0) is 22.2 Å². The van der Waals surface area contributed by atoms with Crippen molar-refractivity contribution in [3.63, 3.8) is 0 Å². The Bertz CT molecular complexity index is 612. The fourth-order valence-electron chi connectivity index (χ4n) is 2.57. The predicted octanol–water partition coefficient (Wildman–Crippen LogP) is 1.30. The van der Waals surface area contributed by atoms with Gasteiger partial charge in [-0.2, -0.15) is 17.0 Å². The quantitative estimate of drug-likeness (QED) is 0.829. The second-order valence-corrected chi connectivity index (χ2v) is 9.41. The zero-order valence-electron chi connectivity index (χ0n) is 14.8. The lowest BCUT2D eigenvalue weighted by Crippen LogP contribution is -2.51. The van der Waals surface area contributed by atoms with Crippen LogP contribution in [0.15, 0.2) is 18.3 Å². The second-order valence-electron chi connectivity index (χ2n) is 7.27. The zero-order valence-corrected chi connectivity index (χ0v) is 15.6. The van der Waals surface area contributed by atoms with Crippen LogP contribution in [0.1, 0.15) is 32.0 Å². The molecule has 1 aliphatic rings. The Morgan fingerprint density at radius 2 is 1.74 bits per heavy atom. The van der Waals surface area contributed by atoms with Crippen molar-refractivity contribution in [1.82, 2.24) is 18.5 Å². The molecule has 1 aliphatic heterocycles. The van der Waals surface area contributed by atoms with Crippen molar-refractivity contribution in [1.29, 1.82) is 0 Å². The molecule has 0 radical (unpaired) electrons. The summed E-state index contributed by atoms with van der Waals surface area (Å²) in [7, 11) is -0.143. The molecule has 23 heavy (non-hydrogen) atoms. The van der Waals surface area contributed by atoms with Crippen molar-refractivity contribution in [2.24, 2.45) is 0 Å². The zero-order chi connectivity index (χ0) is 17.3. The van der Waals surface area contributed by atoms with E-state index < -0.39 is 10.2 Å². The highest BCUT2D eigenvalue weighted by Gasteiger charge is 2.28. The number of hydrogen-bond donors (Lipinski definition) is 0. The fourth-order valence-corrected chi connectivity index (χ4v) is 3.66. The molecule has 1 aromatic rings. The number of pyridine rings is 1. The van der Waals surface area contributed by atoms with E-state index in [1.807, 2.05) is 6.20 Å². The first-order chi connectivity index (χ1) is 10.6. The molecule has 0 unspecified atom stereocenters. The molecular formula is C16H28N4O2S. The highest BCUT2D eigenvalue weighted by atomic mass is 32.2. The van der Waals surface area contributed by atoms with Gasteiger partial charge in [0, 0.05) is 64.1 Å². The number of nitrogens with zero attached hydrogens (tertiary/aromatic N) is 4. The minimum Gasteiger partial charge on any atom is -0.296 e. The first-order valence-electron chi connectivity index (χ1n) is 7.96. The maximum atomic E-state index is 12.1. The molecule has 7 heteroatoms. The summed E-state index contributed by atoms with van der Waals surface area (Å²) in [5.74, 6) is 0. The van der Waals surface area contributed by atoms with Crippen molar-refractivity contribution in [3.05, 3.63) is 29.6 Å². The summed E-state index contributed by atoms with van der Waals surface area (Å²) in [5, 5.41) is 0. The number of rotatable bonds is 4. The lowest BCUT2D eigenvalue weighted by Gasteiger charge is -2.35. The van der Waals surface area contributed by atoms with Crippen LogP contribution in [0.3, 0.4) is 0 Å². The maximum Gasteiger partial charge on any atom is 0.281 e. The van der Waals surface area contributed by atoms with Crippen LogP contribution < -0.4 is 0 Å². The van der Waals surface area contributed by atoms with Crippen LogP contribution in [0.2, 0.25) is 0 Å². The van der Waals surface area contributed by atoms with Gasteiger partial charge in [0.25, 0.3) is 10.2 Å². The van der Waals surface area contributed by atoms with Gasteiger partial charge in [0.05, 0.1) is 0 Å². The van der Waals surface area contributed by atoms with Gasteiger partial charge >= 0.3 is 0 Å². The molecule has 1 saturated heterocycles. The van der Waals surface area contributed by atoms with Crippen LogP contribution in [0.5, 0.6) is 0 Å². The Labute approximate surface area is 140 Å². The predicted molar refractivity (Wildman–Crippen MR) is 92.4 cm³/mol. The number of piperazine rings is 1. The molecule has 0 saturated carbocycles. The molecule has 1 aromatic heterocycles. The Kier molecular flexibility index (Phi) is 5.45. The van der Waals surface area contributed by atoms with Crippen LogP contribution in [0, 0.1) is 0 Å². The van der Waals surface area contributed by atoms with Crippen molar-refractivity contribution < 1.29 is 8.42 Å². The van der Waals surface area contributed by atoms with Crippen LogP contribution in [0.25, 0.3) is 0 Å². The van der Waals surface area contributed by atoms with Gasteiger partial charge in [-0.15, -0.1) is 0 Å². The first kappa shape index (κ1) is 18.3. The Hall–Kier alpha value is -1.02. The summed E-state index contributed by atoms with van der Waals surface area (Å²) < 4.78 is 27.0. The molecule has 0 amide bonds. The third-order valence-corrected chi connectivity index (χ3v) is 6.06. The minimum absolute atomic E-state index is 0.0602. The van der Waals surface area contributed by atoms with Gasteiger partial charge < -0.3 is 0 Å². The maximum absolute atomic E-state index is 12.1. The average molecular weight is 340 g/mol. The molecule has 130 valence electrons. The molecule has 2 rings (SSSR count). The van der Waals surface area contributed by atoms with E-state index in [0.29, 0.717) is 13.1 Å². The number of aromatic nitrogens is 1. The third kappa shape index (κ3) is 4.50. The SMILES string of the molecule is CN(C)S(=O)(=O)N1CCN(Cc2ccc(C(C)(C)C)nc2)CC1. The number of hydrogen-bond acceptors (Lipinski definition) is 4. The lowest BCUT2D eigenvalue weighted by atomic mass is 9.91. The molecular weight excluding hydrogens is 312 g/mol. The summed E-state index contributed by atoms with van der Waals surface area (Å²) >= 11 is 0. The van der Waals surface area contributed by atoms with Gasteiger partial charge in [-0.1, -0.05) is 26.8 Å². The van der Waals surface area contributed by atoms with Crippen molar-refractivity contribution >= 4 is 10.2 Å². The minimum atomic E-state index is -3.29. The van der Waals surface area contributed by atoms with Crippen LogP contribution >= 0.6 is 0 Å². The van der Waals surface area contributed by atoms with E-state index >= 15 is 0 Å². The van der Waals surface area contributed by atoms with Crippen molar-refractivity contribution in [3.8, 4) is 0 Å². The fraction of sp³-hybridized carbons (Fsp3) is 0.688. The highest BCUT2D eigenvalue weighted by Crippen LogP contribution is 2.20. The van der Waals surface area contributed by atoms with Crippen LogP contribution in [-0.4, -0.2) is 67.2 Å². The largest absolute Gasteiger partial charge is 0.296 e.